The van der Waals surface area contributed by atoms with Gasteiger partial charge in [-0.05, 0) is 49.6 Å². The maximum Gasteiger partial charge on any atom is 0.277 e. The molecule has 0 aliphatic rings. The Bertz CT molecular complexity index is 1460. The molecule has 172 valence electrons. The summed E-state index contributed by atoms with van der Waals surface area (Å²) in [6.45, 7) is 6.40. The Balaban J connectivity index is 1.39. The van der Waals surface area contributed by atoms with E-state index in [-0.39, 0.29) is 11.7 Å². The highest BCUT2D eigenvalue weighted by atomic mass is 32.2. The van der Waals surface area contributed by atoms with Crippen molar-refractivity contribution in [2.45, 2.75) is 32.5 Å². The third-order valence-electron chi connectivity index (χ3n) is 5.60. The molecule has 3 heterocycles. The first-order valence-corrected chi connectivity index (χ1v) is 12.5. The number of thiazole rings is 1. The molecule has 2 aromatic carbocycles. The predicted octanol–water partition coefficient (Wildman–Crippen LogP) is 6.19. The number of furan rings is 1. The quantitative estimate of drug-likeness (QED) is 0.251. The first-order chi connectivity index (χ1) is 16.5. The van der Waals surface area contributed by atoms with Crippen molar-refractivity contribution in [3.63, 3.8) is 0 Å². The zero-order valence-corrected chi connectivity index (χ0v) is 20.6. The number of hydrogen-bond donors (Lipinski definition) is 0. The molecule has 0 saturated carbocycles. The molecule has 9 heteroatoms. The Kier molecular flexibility index (Phi) is 6.21. The third-order valence-corrected chi connectivity index (χ3v) is 7.45. The van der Waals surface area contributed by atoms with Crippen molar-refractivity contribution in [1.29, 1.82) is 0 Å². The maximum absolute atomic E-state index is 13.4. The van der Waals surface area contributed by atoms with Gasteiger partial charge in [-0.15, -0.1) is 10.2 Å². The van der Waals surface area contributed by atoms with Gasteiger partial charge in [0.05, 0.1) is 34.3 Å². The number of aromatic nitrogens is 3. The average molecular weight is 491 g/mol. The van der Waals surface area contributed by atoms with Crippen molar-refractivity contribution in [3.05, 3.63) is 77.2 Å². The number of aryl methyl sites for hydroxylation is 3. The smallest absolute Gasteiger partial charge is 0.277 e. The minimum absolute atomic E-state index is 0.0819. The molecule has 0 N–H and O–H groups in total. The fourth-order valence-electron chi connectivity index (χ4n) is 3.54. The van der Waals surface area contributed by atoms with Crippen LogP contribution in [0.4, 0.5) is 5.13 Å². The lowest BCUT2D eigenvalue weighted by molar-refractivity contribution is -0.116. The van der Waals surface area contributed by atoms with Gasteiger partial charge in [0.25, 0.3) is 11.1 Å². The number of fused-ring (bicyclic) bond motifs is 1. The number of rotatable bonds is 7. The van der Waals surface area contributed by atoms with E-state index in [4.69, 9.17) is 13.8 Å². The summed E-state index contributed by atoms with van der Waals surface area (Å²) < 4.78 is 12.1. The van der Waals surface area contributed by atoms with Crippen LogP contribution in [0.2, 0.25) is 0 Å². The van der Waals surface area contributed by atoms with Gasteiger partial charge in [-0.1, -0.05) is 59.5 Å². The van der Waals surface area contributed by atoms with Crippen LogP contribution in [-0.4, -0.2) is 26.8 Å². The molecule has 1 amide bonds. The third kappa shape index (κ3) is 4.49. The highest BCUT2D eigenvalue weighted by Gasteiger charge is 2.22. The van der Waals surface area contributed by atoms with E-state index in [1.165, 1.54) is 28.7 Å². The SMILES string of the molecule is Cc1ccc2sc(N(Cc3ccccc3)C(=O)CSc3nnc(-c4ccoc4C)o3)nc2c1C. The number of hydrogen-bond acceptors (Lipinski definition) is 8. The highest BCUT2D eigenvalue weighted by molar-refractivity contribution is 7.99. The molecule has 0 atom stereocenters. The molecule has 7 nitrogen and oxygen atoms in total. The van der Waals surface area contributed by atoms with Gasteiger partial charge >= 0.3 is 0 Å². The van der Waals surface area contributed by atoms with Gasteiger partial charge in [-0.3, -0.25) is 9.69 Å². The Morgan fingerprint density at radius 2 is 1.88 bits per heavy atom. The van der Waals surface area contributed by atoms with Gasteiger partial charge in [0.15, 0.2) is 5.13 Å². The second kappa shape index (κ2) is 9.44. The van der Waals surface area contributed by atoms with E-state index < -0.39 is 0 Å². The lowest BCUT2D eigenvalue weighted by Gasteiger charge is -2.19. The summed E-state index contributed by atoms with van der Waals surface area (Å²) in [6.07, 6.45) is 1.58. The number of amides is 1. The molecule has 5 aromatic rings. The Hall–Kier alpha value is -3.43. The Labute approximate surface area is 204 Å². The van der Waals surface area contributed by atoms with Crippen LogP contribution in [0.3, 0.4) is 0 Å². The van der Waals surface area contributed by atoms with Crippen molar-refractivity contribution < 1.29 is 13.6 Å². The zero-order valence-electron chi connectivity index (χ0n) is 18.9. The number of benzene rings is 2. The summed E-state index contributed by atoms with van der Waals surface area (Å²) in [6, 6.07) is 15.9. The fraction of sp³-hybridized carbons (Fsp3) is 0.200. The van der Waals surface area contributed by atoms with Gasteiger partial charge < -0.3 is 8.83 Å². The van der Waals surface area contributed by atoms with Crippen LogP contribution in [0.5, 0.6) is 0 Å². The second-order valence-electron chi connectivity index (χ2n) is 7.87. The summed E-state index contributed by atoms with van der Waals surface area (Å²) in [5.41, 5.74) is 5.03. The molecule has 34 heavy (non-hydrogen) atoms. The van der Waals surface area contributed by atoms with Crippen molar-refractivity contribution in [1.82, 2.24) is 15.2 Å². The number of carbonyl (C=O) groups excluding carboxylic acids is 1. The molecule has 3 aromatic heterocycles. The van der Waals surface area contributed by atoms with Crippen molar-refractivity contribution in [2.24, 2.45) is 0 Å². The summed E-state index contributed by atoms with van der Waals surface area (Å²) in [4.78, 5) is 20.0. The molecule has 5 rings (SSSR count). The molecular formula is C25H22N4O3S2. The molecule has 0 bridgehead atoms. The summed E-state index contributed by atoms with van der Waals surface area (Å²) in [7, 11) is 0. The van der Waals surface area contributed by atoms with Crippen LogP contribution >= 0.6 is 23.1 Å². The summed E-state index contributed by atoms with van der Waals surface area (Å²) in [5, 5.41) is 9.17. The van der Waals surface area contributed by atoms with Crippen LogP contribution in [0, 0.1) is 20.8 Å². The lowest BCUT2D eigenvalue weighted by atomic mass is 10.1. The van der Waals surface area contributed by atoms with Gasteiger partial charge in [0.1, 0.15) is 5.76 Å². The van der Waals surface area contributed by atoms with Crippen LogP contribution in [0.1, 0.15) is 22.5 Å². The van der Waals surface area contributed by atoms with E-state index in [2.05, 4.69) is 36.2 Å². The van der Waals surface area contributed by atoms with Crippen LogP contribution in [-0.2, 0) is 11.3 Å². The van der Waals surface area contributed by atoms with Crippen LogP contribution in [0.15, 0.2) is 68.9 Å². The van der Waals surface area contributed by atoms with Gasteiger partial charge in [-0.25, -0.2) is 4.98 Å². The maximum atomic E-state index is 13.4. The lowest BCUT2D eigenvalue weighted by Crippen LogP contribution is -2.31. The average Bonchev–Trinajstić information content (AvgIpc) is 3.58. The monoisotopic (exact) mass is 490 g/mol. The van der Waals surface area contributed by atoms with Crippen molar-refractivity contribution >= 4 is 44.4 Å². The molecule has 0 radical (unpaired) electrons. The van der Waals surface area contributed by atoms with Gasteiger partial charge in [-0.2, -0.15) is 0 Å². The van der Waals surface area contributed by atoms with E-state index in [0.29, 0.717) is 28.6 Å². The molecule has 0 fully saturated rings. The first-order valence-electron chi connectivity index (χ1n) is 10.7. The predicted molar refractivity (Wildman–Crippen MR) is 134 cm³/mol. The van der Waals surface area contributed by atoms with E-state index in [1.807, 2.05) is 37.3 Å². The van der Waals surface area contributed by atoms with Gasteiger partial charge in [0.2, 0.25) is 5.91 Å². The van der Waals surface area contributed by atoms with Crippen LogP contribution in [0.25, 0.3) is 21.7 Å². The Morgan fingerprint density at radius 1 is 1.06 bits per heavy atom. The minimum atomic E-state index is -0.0819. The van der Waals surface area contributed by atoms with E-state index in [9.17, 15) is 4.79 Å². The molecule has 0 spiro atoms. The number of thioether (sulfide) groups is 1. The van der Waals surface area contributed by atoms with E-state index in [1.54, 1.807) is 17.2 Å². The van der Waals surface area contributed by atoms with E-state index in [0.717, 1.165) is 26.9 Å². The first kappa shape index (κ1) is 22.4. The summed E-state index contributed by atoms with van der Waals surface area (Å²) >= 11 is 2.74. The minimum Gasteiger partial charge on any atom is -0.469 e. The molecule has 0 saturated heterocycles. The largest absolute Gasteiger partial charge is 0.469 e. The number of nitrogens with zero attached hydrogens (tertiary/aromatic N) is 4. The molecule has 0 aliphatic heterocycles. The molecule has 0 aliphatic carbocycles. The van der Waals surface area contributed by atoms with Crippen molar-refractivity contribution in [3.8, 4) is 11.5 Å². The standard InChI is InChI=1S/C25H22N4O3S2/c1-15-9-10-20-22(16(15)2)26-24(34-20)29(13-18-7-5-4-6-8-18)21(30)14-33-25-28-27-23(32-25)19-11-12-31-17(19)3/h4-12H,13-14H2,1-3H3. The number of carbonyl (C=O) groups is 1. The fourth-order valence-corrected chi connectivity index (χ4v) is 5.22. The zero-order chi connectivity index (χ0) is 23.7. The molecular weight excluding hydrogens is 468 g/mol. The normalized spacial score (nSPS) is 11.3. The van der Waals surface area contributed by atoms with Crippen LogP contribution < -0.4 is 4.90 Å². The summed E-state index contributed by atoms with van der Waals surface area (Å²) in [5.74, 6) is 1.14. The van der Waals surface area contributed by atoms with Gasteiger partial charge in [0, 0.05) is 0 Å². The van der Waals surface area contributed by atoms with Crippen molar-refractivity contribution in [2.75, 3.05) is 10.7 Å². The number of anilines is 1. The Morgan fingerprint density at radius 3 is 2.65 bits per heavy atom. The highest BCUT2D eigenvalue weighted by Crippen LogP contribution is 2.33. The second-order valence-corrected chi connectivity index (χ2v) is 9.80. The molecule has 0 unspecified atom stereocenters. The van der Waals surface area contributed by atoms with E-state index >= 15 is 0 Å². The topological polar surface area (TPSA) is 85.3 Å².